The third kappa shape index (κ3) is 3.05. The Morgan fingerprint density at radius 3 is 2.57 bits per heavy atom. The van der Waals surface area contributed by atoms with E-state index in [2.05, 4.69) is 9.84 Å². The summed E-state index contributed by atoms with van der Waals surface area (Å²) in [6.07, 6.45) is 0. The first-order valence-corrected chi connectivity index (χ1v) is 1.82. The fourth-order valence-corrected chi connectivity index (χ4v) is 0.185. The second kappa shape index (κ2) is 3.42. The van der Waals surface area contributed by atoms with Gasteiger partial charge in [-0.15, -0.1) is 0 Å². The maximum Gasteiger partial charge on any atom is 0.145 e. The second-order valence-corrected chi connectivity index (χ2v) is 1.05. The third-order valence-corrected chi connectivity index (χ3v) is 0.458. The molecule has 7 heavy (non-hydrogen) atoms. The molecule has 0 aliphatic heterocycles. The standard InChI is InChI=1S/C3H9N3O/c1-7-2-3(4)6-5/h2,5H2,1H3,(H2,4,6). The summed E-state index contributed by atoms with van der Waals surface area (Å²) >= 11 is 0. The summed E-state index contributed by atoms with van der Waals surface area (Å²) in [4.78, 5) is 0. The number of hydrogen-bond donors (Lipinski definition) is 2. The molecule has 0 saturated carbocycles. The summed E-state index contributed by atoms with van der Waals surface area (Å²) < 4.78 is 4.56. The fraction of sp³-hybridized carbons (Fsp3) is 0.667. The minimum absolute atomic E-state index is 0.302. The number of rotatable bonds is 2. The van der Waals surface area contributed by atoms with Gasteiger partial charge in [-0.2, -0.15) is 5.10 Å². The van der Waals surface area contributed by atoms with Crippen molar-refractivity contribution in [3.8, 4) is 0 Å². The summed E-state index contributed by atoms with van der Waals surface area (Å²) in [5, 5.41) is 3.15. The van der Waals surface area contributed by atoms with Crippen LogP contribution in [-0.2, 0) is 4.74 Å². The normalized spacial score (nSPS) is 11.9. The smallest absolute Gasteiger partial charge is 0.145 e. The zero-order valence-corrected chi connectivity index (χ0v) is 4.22. The molecule has 0 unspecified atom stereocenters. The van der Waals surface area contributed by atoms with E-state index in [1.807, 2.05) is 0 Å². The van der Waals surface area contributed by atoms with Gasteiger partial charge in [0.15, 0.2) is 0 Å². The van der Waals surface area contributed by atoms with Crippen molar-refractivity contribution in [1.29, 1.82) is 0 Å². The maximum atomic E-state index is 5.08. The van der Waals surface area contributed by atoms with Crippen LogP contribution in [0, 0.1) is 0 Å². The van der Waals surface area contributed by atoms with Crippen LogP contribution in [0.15, 0.2) is 5.10 Å². The van der Waals surface area contributed by atoms with Crippen molar-refractivity contribution in [2.75, 3.05) is 13.7 Å². The number of hydrazone groups is 1. The van der Waals surface area contributed by atoms with Gasteiger partial charge in [0.1, 0.15) is 12.4 Å². The van der Waals surface area contributed by atoms with Gasteiger partial charge in [-0.25, -0.2) is 0 Å². The molecule has 0 aromatic rings. The number of hydrogen-bond acceptors (Lipinski definition) is 3. The number of methoxy groups -OCH3 is 1. The van der Waals surface area contributed by atoms with Crippen LogP contribution in [0.3, 0.4) is 0 Å². The molecule has 42 valence electrons. The van der Waals surface area contributed by atoms with Crippen molar-refractivity contribution in [3.63, 3.8) is 0 Å². The van der Waals surface area contributed by atoms with Crippen LogP contribution in [0.5, 0.6) is 0 Å². The molecule has 0 bridgehead atoms. The average Bonchev–Trinajstić information content (AvgIpc) is 1.68. The fourth-order valence-electron chi connectivity index (χ4n) is 0.185. The number of ether oxygens (including phenoxy) is 1. The van der Waals surface area contributed by atoms with Crippen molar-refractivity contribution >= 4 is 5.84 Å². The third-order valence-electron chi connectivity index (χ3n) is 0.458. The monoisotopic (exact) mass is 103 g/mol. The van der Waals surface area contributed by atoms with E-state index in [0.29, 0.717) is 12.4 Å². The molecule has 0 aromatic carbocycles. The lowest BCUT2D eigenvalue weighted by molar-refractivity contribution is 0.244. The summed E-state index contributed by atoms with van der Waals surface area (Å²) in [5.74, 6) is 5.05. The van der Waals surface area contributed by atoms with E-state index in [-0.39, 0.29) is 0 Å². The van der Waals surface area contributed by atoms with Crippen LogP contribution in [0.2, 0.25) is 0 Å². The molecule has 4 N–H and O–H groups in total. The first-order valence-electron chi connectivity index (χ1n) is 1.82. The van der Waals surface area contributed by atoms with E-state index in [0.717, 1.165) is 0 Å². The Labute approximate surface area is 42.1 Å². The molecule has 0 saturated heterocycles. The molecular weight excluding hydrogens is 94.1 g/mol. The van der Waals surface area contributed by atoms with E-state index in [1.54, 1.807) is 0 Å². The Morgan fingerprint density at radius 1 is 1.86 bits per heavy atom. The molecule has 0 rings (SSSR count). The maximum absolute atomic E-state index is 5.08. The summed E-state index contributed by atoms with van der Waals surface area (Å²) in [7, 11) is 1.53. The van der Waals surface area contributed by atoms with Gasteiger partial charge in [-0.1, -0.05) is 0 Å². The van der Waals surface area contributed by atoms with Crippen LogP contribution < -0.4 is 11.6 Å². The highest BCUT2D eigenvalue weighted by atomic mass is 16.5. The van der Waals surface area contributed by atoms with Gasteiger partial charge in [0.25, 0.3) is 0 Å². The predicted octanol–water partition coefficient (Wildman–Crippen LogP) is -1.14. The quantitative estimate of drug-likeness (QED) is 0.201. The van der Waals surface area contributed by atoms with Crippen molar-refractivity contribution in [3.05, 3.63) is 0 Å². The van der Waals surface area contributed by atoms with Crippen molar-refractivity contribution in [2.45, 2.75) is 0 Å². The molecule has 0 aromatic heterocycles. The largest absolute Gasteiger partial charge is 0.384 e. The van der Waals surface area contributed by atoms with Gasteiger partial charge in [-0.3, -0.25) is 0 Å². The topological polar surface area (TPSA) is 73.6 Å². The first-order chi connectivity index (χ1) is 3.31. The first kappa shape index (κ1) is 6.23. The number of nitrogens with two attached hydrogens (primary N) is 2. The van der Waals surface area contributed by atoms with Crippen molar-refractivity contribution < 1.29 is 4.74 Å². The van der Waals surface area contributed by atoms with Gasteiger partial charge < -0.3 is 16.3 Å². The Morgan fingerprint density at radius 2 is 2.43 bits per heavy atom. The summed E-state index contributed by atoms with van der Waals surface area (Å²) in [6.45, 7) is 0.302. The molecular formula is C3H9N3O. The molecule has 4 nitrogen and oxygen atoms in total. The van der Waals surface area contributed by atoms with Crippen LogP contribution in [-0.4, -0.2) is 19.6 Å². The predicted molar refractivity (Wildman–Crippen MR) is 27.7 cm³/mol. The van der Waals surface area contributed by atoms with Crippen molar-refractivity contribution in [1.82, 2.24) is 0 Å². The van der Waals surface area contributed by atoms with Crippen LogP contribution >= 0.6 is 0 Å². The van der Waals surface area contributed by atoms with Gasteiger partial charge in [-0.05, 0) is 0 Å². The van der Waals surface area contributed by atoms with E-state index in [9.17, 15) is 0 Å². The SMILES string of the molecule is COC/C(N)=N/N. The number of nitrogens with zero attached hydrogens (tertiary/aromatic N) is 1. The van der Waals surface area contributed by atoms with E-state index >= 15 is 0 Å². The molecule has 0 radical (unpaired) electrons. The number of amidine groups is 1. The van der Waals surface area contributed by atoms with Crippen LogP contribution in [0.1, 0.15) is 0 Å². The van der Waals surface area contributed by atoms with Crippen LogP contribution in [0.25, 0.3) is 0 Å². The Hall–Kier alpha value is -0.770. The Kier molecular flexibility index (Phi) is 3.04. The summed E-state index contributed by atoms with van der Waals surface area (Å²) in [5.41, 5.74) is 5.08. The van der Waals surface area contributed by atoms with E-state index in [4.69, 9.17) is 11.6 Å². The highest BCUT2D eigenvalue weighted by Crippen LogP contribution is 1.63. The lowest BCUT2D eigenvalue weighted by Gasteiger charge is -1.91. The van der Waals surface area contributed by atoms with Crippen molar-refractivity contribution in [2.24, 2.45) is 16.7 Å². The zero-order chi connectivity index (χ0) is 5.70. The molecule has 0 aliphatic rings. The lowest BCUT2D eigenvalue weighted by Crippen LogP contribution is -2.19. The molecule has 0 heterocycles. The molecule has 0 spiro atoms. The van der Waals surface area contributed by atoms with E-state index in [1.165, 1.54) is 7.11 Å². The molecule has 0 aliphatic carbocycles. The molecule has 0 atom stereocenters. The lowest BCUT2D eigenvalue weighted by atomic mass is 10.7. The minimum Gasteiger partial charge on any atom is -0.384 e. The van der Waals surface area contributed by atoms with Gasteiger partial charge in [0.05, 0.1) is 0 Å². The zero-order valence-electron chi connectivity index (χ0n) is 4.22. The highest BCUT2D eigenvalue weighted by Gasteiger charge is 1.83. The Bertz CT molecular complexity index is 70.6. The Balaban J connectivity index is 3.17. The van der Waals surface area contributed by atoms with Gasteiger partial charge >= 0.3 is 0 Å². The average molecular weight is 103 g/mol. The highest BCUT2D eigenvalue weighted by molar-refractivity contribution is 5.81. The van der Waals surface area contributed by atoms with Gasteiger partial charge in [0, 0.05) is 7.11 Å². The molecule has 4 heteroatoms. The molecule has 0 amide bonds. The van der Waals surface area contributed by atoms with Gasteiger partial charge in [0.2, 0.25) is 0 Å². The minimum atomic E-state index is 0.302. The van der Waals surface area contributed by atoms with Crippen LogP contribution in [0.4, 0.5) is 0 Å². The van der Waals surface area contributed by atoms with E-state index < -0.39 is 0 Å². The summed E-state index contributed by atoms with van der Waals surface area (Å²) in [6, 6.07) is 0. The molecule has 0 fully saturated rings. The second-order valence-electron chi connectivity index (χ2n) is 1.05.